The SMILES string of the molecule is CCC1CCC2(CC1)NC(=O)N(CC(=O)N1CCC(C)CC1CN)C2=O.Cl. The standard InChI is InChI=1S/C19H32N4O3.ClH/c1-3-14-4-7-19(8-5-14)17(25)23(18(26)21-19)12-16(24)22-9-6-13(2)10-15(22)11-20;/h13-15H,3-12,20H2,1-2H3,(H,21,26);1H. The third kappa shape index (κ3) is 4.24. The first-order valence-corrected chi connectivity index (χ1v) is 10.0. The molecule has 2 atom stereocenters. The van der Waals surface area contributed by atoms with Gasteiger partial charge in [-0.2, -0.15) is 0 Å². The maximum Gasteiger partial charge on any atom is 0.325 e. The Kier molecular flexibility index (Phi) is 7.14. The number of amides is 4. The van der Waals surface area contributed by atoms with Crippen LogP contribution in [0.3, 0.4) is 0 Å². The number of piperidine rings is 1. The monoisotopic (exact) mass is 400 g/mol. The molecule has 0 bridgehead atoms. The number of rotatable bonds is 4. The molecule has 1 aliphatic carbocycles. The Morgan fingerprint density at radius 1 is 1.26 bits per heavy atom. The molecule has 27 heavy (non-hydrogen) atoms. The summed E-state index contributed by atoms with van der Waals surface area (Å²) in [5, 5.41) is 2.90. The predicted molar refractivity (Wildman–Crippen MR) is 105 cm³/mol. The topological polar surface area (TPSA) is 95.7 Å². The number of carbonyl (C=O) groups excluding carboxylic acids is 3. The fourth-order valence-corrected chi connectivity index (χ4v) is 4.77. The summed E-state index contributed by atoms with van der Waals surface area (Å²) >= 11 is 0. The smallest absolute Gasteiger partial charge is 0.325 e. The Bertz CT molecular complexity index is 577. The lowest BCUT2D eigenvalue weighted by atomic mass is 9.75. The quantitative estimate of drug-likeness (QED) is 0.704. The van der Waals surface area contributed by atoms with E-state index >= 15 is 0 Å². The molecular weight excluding hydrogens is 368 g/mol. The molecule has 2 aliphatic heterocycles. The van der Waals surface area contributed by atoms with Crippen LogP contribution >= 0.6 is 12.4 Å². The van der Waals surface area contributed by atoms with Gasteiger partial charge in [-0.25, -0.2) is 4.79 Å². The highest BCUT2D eigenvalue weighted by atomic mass is 35.5. The zero-order valence-electron chi connectivity index (χ0n) is 16.4. The van der Waals surface area contributed by atoms with E-state index in [0.29, 0.717) is 37.8 Å². The van der Waals surface area contributed by atoms with Crippen molar-refractivity contribution in [3.05, 3.63) is 0 Å². The molecule has 154 valence electrons. The van der Waals surface area contributed by atoms with Gasteiger partial charge in [-0.3, -0.25) is 14.5 Å². The average Bonchev–Trinajstić information content (AvgIpc) is 2.86. The minimum Gasteiger partial charge on any atom is -0.337 e. The Labute approximate surface area is 167 Å². The van der Waals surface area contributed by atoms with E-state index in [0.717, 1.165) is 37.0 Å². The van der Waals surface area contributed by atoms with Gasteiger partial charge in [0.25, 0.3) is 5.91 Å². The molecule has 3 aliphatic rings. The van der Waals surface area contributed by atoms with E-state index < -0.39 is 11.6 Å². The molecule has 1 saturated carbocycles. The van der Waals surface area contributed by atoms with Crippen LogP contribution in [0, 0.1) is 11.8 Å². The van der Waals surface area contributed by atoms with E-state index in [1.807, 2.05) is 0 Å². The number of imide groups is 1. The van der Waals surface area contributed by atoms with Crippen LogP contribution in [0.15, 0.2) is 0 Å². The summed E-state index contributed by atoms with van der Waals surface area (Å²) in [6.07, 6.45) is 6.16. The third-order valence-corrected chi connectivity index (χ3v) is 6.65. The lowest BCUT2D eigenvalue weighted by molar-refractivity contribution is -0.142. The van der Waals surface area contributed by atoms with Crippen LogP contribution < -0.4 is 11.1 Å². The summed E-state index contributed by atoms with van der Waals surface area (Å²) in [5.74, 6) is 0.776. The van der Waals surface area contributed by atoms with Gasteiger partial charge >= 0.3 is 6.03 Å². The summed E-state index contributed by atoms with van der Waals surface area (Å²) in [7, 11) is 0. The molecule has 0 aromatic carbocycles. The molecule has 0 aromatic rings. The minimum atomic E-state index is -0.785. The highest BCUT2D eigenvalue weighted by molar-refractivity contribution is 6.09. The Hall–Kier alpha value is -1.34. The first-order valence-electron chi connectivity index (χ1n) is 10.0. The molecule has 2 heterocycles. The highest BCUT2D eigenvalue weighted by Gasteiger charge is 2.52. The molecule has 1 spiro atoms. The van der Waals surface area contributed by atoms with Gasteiger partial charge in [0.05, 0.1) is 0 Å². The second-order valence-electron chi connectivity index (χ2n) is 8.36. The Morgan fingerprint density at radius 3 is 2.52 bits per heavy atom. The fraction of sp³-hybridized carbons (Fsp3) is 0.842. The maximum atomic E-state index is 13.0. The highest BCUT2D eigenvalue weighted by Crippen LogP contribution is 2.37. The molecular formula is C19H33ClN4O3. The normalized spacial score (nSPS) is 33.8. The molecule has 0 aromatic heterocycles. The van der Waals surface area contributed by atoms with Crippen LogP contribution in [-0.2, 0) is 9.59 Å². The molecule has 8 heteroatoms. The van der Waals surface area contributed by atoms with Crippen molar-refractivity contribution in [2.24, 2.45) is 17.6 Å². The van der Waals surface area contributed by atoms with Crippen LogP contribution in [0.2, 0.25) is 0 Å². The molecule has 0 radical (unpaired) electrons. The molecule has 2 saturated heterocycles. The van der Waals surface area contributed by atoms with Gasteiger partial charge in [0, 0.05) is 19.1 Å². The first kappa shape index (κ1) is 22.0. The minimum absolute atomic E-state index is 0. The van der Waals surface area contributed by atoms with Gasteiger partial charge < -0.3 is 16.0 Å². The summed E-state index contributed by atoms with van der Waals surface area (Å²) in [6.45, 7) is 5.22. The van der Waals surface area contributed by atoms with Crippen molar-refractivity contribution in [3.63, 3.8) is 0 Å². The molecule has 3 N–H and O–H groups in total. The Balaban J connectivity index is 0.00000261. The number of nitrogens with one attached hydrogen (secondary N) is 1. The third-order valence-electron chi connectivity index (χ3n) is 6.65. The van der Waals surface area contributed by atoms with Gasteiger partial charge in [-0.1, -0.05) is 20.3 Å². The van der Waals surface area contributed by atoms with E-state index in [4.69, 9.17) is 5.73 Å². The molecule has 3 rings (SSSR count). The number of hydrogen-bond donors (Lipinski definition) is 2. The number of hydrogen-bond acceptors (Lipinski definition) is 4. The molecule has 4 amide bonds. The predicted octanol–water partition coefficient (Wildman–Crippen LogP) is 1.88. The van der Waals surface area contributed by atoms with Crippen LogP contribution in [-0.4, -0.2) is 58.9 Å². The van der Waals surface area contributed by atoms with Crippen LogP contribution in [0.25, 0.3) is 0 Å². The van der Waals surface area contributed by atoms with E-state index in [-0.39, 0.29) is 36.8 Å². The van der Waals surface area contributed by atoms with E-state index in [9.17, 15) is 14.4 Å². The summed E-state index contributed by atoms with van der Waals surface area (Å²) in [4.78, 5) is 41.1. The van der Waals surface area contributed by atoms with Crippen molar-refractivity contribution >= 4 is 30.3 Å². The largest absolute Gasteiger partial charge is 0.337 e. The number of halogens is 1. The van der Waals surface area contributed by atoms with Gasteiger partial charge in [0.1, 0.15) is 12.1 Å². The summed E-state index contributed by atoms with van der Waals surface area (Å²) < 4.78 is 0. The van der Waals surface area contributed by atoms with Gasteiger partial charge in [-0.15, -0.1) is 12.4 Å². The van der Waals surface area contributed by atoms with E-state index in [1.54, 1.807) is 4.90 Å². The number of urea groups is 1. The second kappa shape index (κ2) is 8.78. The number of nitrogens with zero attached hydrogens (tertiary/aromatic N) is 2. The van der Waals surface area contributed by atoms with Crippen molar-refractivity contribution in [2.45, 2.75) is 70.4 Å². The lowest BCUT2D eigenvalue weighted by Gasteiger charge is -2.38. The van der Waals surface area contributed by atoms with Crippen LogP contribution in [0.4, 0.5) is 4.79 Å². The molecule has 7 nitrogen and oxygen atoms in total. The lowest BCUT2D eigenvalue weighted by Crippen LogP contribution is -2.53. The van der Waals surface area contributed by atoms with E-state index in [2.05, 4.69) is 19.2 Å². The van der Waals surface area contributed by atoms with Gasteiger partial charge in [0.15, 0.2) is 0 Å². The molecule has 3 fully saturated rings. The van der Waals surface area contributed by atoms with Crippen molar-refractivity contribution in [3.8, 4) is 0 Å². The van der Waals surface area contributed by atoms with Crippen LogP contribution in [0.5, 0.6) is 0 Å². The fourth-order valence-electron chi connectivity index (χ4n) is 4.77. The Morgan fingerprint density at radius 2 is 1.93 bits per heavy atom. The van der Waals surface area contributed by atoms with Crippen molar-refractivity contribution in [1.29, 1.82) is 0 Å². The number of carbonyl (C=O) groups is 3. The second-order valence-corrected chi connectivity index (χ2v) is 8.36. The van der Waals surface area contributed by atoms with Crippen molar-refractivity contribution < 1.29 is 14.4 Å². The zero-order valence-corrected chi connectivity index (χ0v) is 17.2. The molecule has 2 unspecified atom stereocenters. The number of nitrogens with two attached hydrogens (primary N) is 1. The van der Waals surface area contributed by atoms with E-state index in [1.165, 1.54) is 0 Å². The number of likely N-dealkylation sites (tertiary alicyclic amines) is 1. The zero-order chi connectivity index (χ0) is 18.9. The van der Waals surface area contributed by atoms with Crippen LogP contribution in [0.1, 0.15) is 58.8 Å². The summed E-state index contributed by atoms with van der Waals surface area (Å²) in [6, 6.07) is -0.422. The van der Waals surface area contributed by atoms with Crippen molar-refractivity contribution in [2.75, 3.05) is 19.6 Å². The summed E-state index contributed by atoms with van der Waals surface area (Å²) in [5.41, 5.74) is 5.06. The van der Waals surface area contributed by atoms with Gasteiger partial charge in [0.2, 0.25) is 5.91 Å². The average molecular weight is 401 g/mol. The van der Waals surface area contributed by atoms with Crippen molar-refractivity contribution in [1.82, 2.24) is 15.1 Å². The first-order chi connectivity index (χ1) is 12.4. The maximum absolute atomic E-state index is 13.0. The van der Waals surface area contributed by atoms with Gasteiger partial charge in [-0.05, 0) is 50.4 Å².